The van der Waals surface area contributed by atoms with E-state index < -0.39 is 0 Å². The number of esters is 1. The van der Waals surface area contributed by atoms with Crippen molar-refractivity contribution < 1.29 is 14.3 Å². The van der Waals surface area contributed by atoms with Gasteiger partial charge in [0, 0.05) is 16.6 Å². The second kappa shape index (κ2) is 7.80. The molecule has 1 aromatic rings. The summed E-state index contributed by atoms with van der Waals surface area (Å²) in [5.74, 6) is 0.925. The molecular weight excluding hydrogens is 334 g/mol. The van der Waals surface area contributed by atoms with E-state index in [1.807, 2.05) is 19.1 Å². The Hall–Kier alpha value is -1.07. The highest BCUT2D eigenvalue weighted by Gasteiger charge is 2.26. The standard InChI is InChI=1S/C16H22BrNO3/c1-3-21-16(19)12-6-8-18(9-7-12)11-13-10-14(17)4-5-15(13)20-2/h4-5,10,12H,3,6-9,11H2,1-2H3. The summed E-state index contributed by atoms with van der Waals surface area (Å²) in [6, 6.07) is 6.05. The van der Waals surface area contributed by atoms with Crippen LogP contribution in [0.25, 0.3) is 0 Å². The number of carbonyl (C=O) groups is 1. The first kappa shape index (κ1) is 16.3. The molecule has 0 atom stereocenters. The lowest BCUT2D eigenvalue weighted by Crippen LogP contribution is -2.36. The van der Waals surface area contributed by atoms with Crippen molar-refractivity contribution in [3.05, 3.63) is 28.2 Å². The van der Waals surface area contributed by atoms with Crippen LogP contribution in [-0.2, 0) is 16.1 Å². The van der Waals surface area contributed by atoms with Gasteiger partial charge in [-0.2, -0.15) is 0 Å². The van der Waals surface area contributed by atoms with E-state index in [0.29, 0.717) is 6.61 Å². The number of halogens is 1. The van der Waals surface area contributed by atoms with Gasteiger partial charge < -0.3 is 9.47 Å². The number of benzene rings is 1. The average molecular weight is 356 g/mol. The third-order valence-corrected chi connectivity index (χ3v) is 4.34. The number of ether oxygens (including phenoxy) is 2. The molecule has 1 aromatic carbocycles. The molecule has 0 saturated carbocycles. The van der Waals surface area contributed by atoms with E-state index in [9.17, 15) is 4.79 Å². The quantitative estimate of drug-likeness (QED) is 0.760. The number of likely N-dealkylation sites (tertiary alicyclic amines) is 1. The Morgan fingerprint density at radius 3 is 2.71 bits per heavy atom. The van der Waals surface area contributed by atoms with Crippen molar-refractivity contribution in [1.82, 2.24) is 4.90 Å². The van der Waals surface area contributed by atoms with Crippen molar-refractivity contribution in [1.29, 1.82) is 0 Å². The van der Waals surface area contributed by atoms with Crippen LogP contribution >= 0.6 is 15.9 Å². The van der Waals surface area contributed by atoms with Crippen LogP contribution in [0.3, 0.4) is 0 Å². The van der Waals surface area contributed by atoms with Crippen LogP contribution in [0.2, 0.25) is 0 Å². The average Bonchev–Trinajstić information content (AvgIpc) is 2.48. The summed E-state index contributed by atoms with van der Waals surface area (Å²) >= 11 is 3.50. The van der Waals surface area contributed by atoms with Crippen LogP contribution in [0.1, 0.15) is 25.3 Å². The molecule has 5 heteroatoms. The van der Waals surface area contributed by atoms with Crippen LogP contribution in [0.15, 0.2) is 22.7 Å². The molecule has 1 heterocycles. The van der Waals surface area contributed by atoms with E-state index in [1.54, 1.807) is 7.11 Å². The van der Waals surface area contributed by atoms with Crippen molar-refractivity contribution in [3.63, 3.8) is 0 Å². The molecule has 0 aliphatic carbocycles. The van der Waals surface area contributed by atoms with Gasteiger partial charge in [-0.3, -0.25) is 9.69 Å². The van der Waals surface area contributed by atoms with Crippen LogP contribution in [0, 0.1) is 5.92 Å². The number of rotatable bonds is 5. The first-order valence-electron chi connectivity index (χ1n) is 7.35. The molecule has 2 rings (SSSR count). The maximum absolute atomic E-state index is 11.7. The van der Waals surface area contributed by atoms with E-state index in [2.05, 4.69) is 26.9 Å². The SMILES string of the molecule is CCOC(=O)C1CCN(Cc2cc(Br)ccc2OC)CC1. The fourth-order valence-electron chi connectivity index (χ4n) is 2.70. The summed E-state index contributed by atoms with van der Waals surface area (Å²) in [5, 5.41) is 0. The molecular formula is C16H22BrNO3. The molecule has 0 unspecified atom stereocenters. The van der Waals surface area contributed by atoms with Crippen molar-refractivity contribution >= 4 is 21.9 Å². The van der Waals surface area contributed by atoms with Gasteiger partial charge >= 0.3 is 5.97 Å². The molecule has 1 saturated heterocycles. The Kier molecular flexibility index (Phi) is 6.06. The molecule has 4 nitrogen and oxygen atoms in total. The fraction of sp³-hybridized carbons (Fsp3) is 0.562. The highest BCUT2D eigenvalue weighted by Crippen LogP contribution is 2.26. The maximum Gasteiger partial charge on any atom is 0.309 e. The Balaban J connectivity index is 1.92. The smallest absolute Gasteiger partial charge is 0.309 e. The summed E-state index contributed by atoms with van der Waals surface area (Å²) < 4.78 is 11.6. The first-order chi connectivity index (χ1) is 10.1. The monoisotopic (exact) mass is 355 g/mol. The van der Waals surface area contributed by atoms with Gasteiger partial charge in [-0.15, -0.1) is 0 Å². The summed E-state index contributed by atoms with van der Waals surface area (Å²) in [4.78, 5) is 14.1. The second-order valence-corrected chi connectivity index (χ2v) is 6.17. The summed E-state index contributed by atoms with van der Waals surface area (Å²) in [6.45, 7) is 5.00. The zero-order chi connectivity index (χ0) is 15.2. The van der Waals surface area contributed by atoms with E-state index in [4.69, 9.17) is 9.47 Å². The lowest BCUT2D eigenvalue weighted by molar-refractivity contribution is -0.149. The predicted octanol–water partition coefficient (Wildman–Crippen LogP) is 3.23. The molecule has 1 fully saturated rings. The minimum atomic E-state index is -0.0443. The summed E-state index contributed by atoms with van der Waals surface area (Å²) in [5.41, 5.74) is 1.17. The zero-order valence-electron chi connectivity index (χ0n) is 12.6. The number of hydrogen-bond acceptors (Lipinski definition) is 4. The summed E-state index contributed by atoms with van der Waals surface area (Å²) in [7, 11) is 1.69. The highest BCUT2D eigenvalue weighted by molar-refractivity contribution is 9.10. The Morgan fingerprint density at radius 2 is 2.10 bits per heavy atom. The third-order valence-electron chi connectivity index (χ3n) is 3.84. The Bertz CT molecular complexity index is 484. The van der Waals surface area contributed by atoms with Crippen molar-refractivity contribution in [2.45, 2.75) is 26.3 Å². The van der Waals surface area contributed by atoms with Gasteiger partial charge in [0.25, 0.3) is 0 Å². The van der Waals surface area contributed by atoms with E-state index in [-0.39, 0.29) is 11.9 Å². The number of hydrogen-bond donors (Lipinski definition) is 0. The molecule has 0 aromatic heterocycles. The van der Waals surface area contributed by atoms with Gasteiger partial charge in [-0.25, -0.2) is 0 Å². The Labute approximate surface area is 134 Å². The molecule has 0 radical (unpaired) electrons. The van der Waals surface area contributed by atoms with Gasteiger partial charge in [0.1, 0.15) is 5.75 Å². The Morgan fingerprint density at radius 1 is 1.38 bits per heavy atom. The lowest BCUT2D eigenvalue weighted by atomic mass is 9.96. The first-order valence-corrected chi connectivity index (χ1v) is 8.14. The van der Waals surface area contributed by atoms with Crippen molar-refractivity contribution in [2.24, 2.45) is 5.92 Å². The number of piperidine rings is 1. The van der Waals surface area contributed by atoms with E-state index >= 15 is 0 Å². The largest absolute Gasteiger partial charge is 0.496 e. The molecule has 0 spiro atoms. The predicted molar refractivity (Wildman–Crippen MR) is 85.3 cm³/mol. The molecule has 116 valence electrons. The molecule has 21 heavy (non-hydrogen) atoms. The van der Waals surface area contributed by atoms with E-state index in [1.165, 1.54) is 5.56 Å². The van der Waals surface area contributed by atoms with Gasteiger partial charge in [0.15, 0.2) is 0 Å². The number of carbonyl (C=O) groups excluding carboxylic acids is 1. The molecule has 0 bridgehead atoms. The van der Waals surface area contributed by atoms with E-state index in [0.717, 1.165) is 42.7 Å². The minimum Gasteiger partial charge on any atom is -0.496 e. The number of nitrogens with zero attached hydrogens (tertiary/aromatic N) is 1. The molecule has 1 aliphatic rings. The van der Waals surface area contributed by atoms with Crippen LogP contribution in [-0.4, -0.2) is 37.7 Å². The molecule has 0 amide bonds. The molecule has 0 N–H and O–H groups in total. The molecule has 1 aliphatic heterocycles. The maximum atomic E-state index is 11.7. The van der Waals surface area contributed by atoms with Gasteiger partial charge in [-0.1, -0.05) is 15.9 Å². The van der Waals surface area contributed by atoms with Gasteiger partial charge in [0.05, 0.1) is 19.6 Å². The third kappa shape index (κ3) is 4.45. The summed E-state index contributed by atoms with van der Waals surface area (Å²) in [6.07, 6.45) is 1.74. The van der Waals surface area contributed by atoms with Crippen LogP contribution < -0.4 is 4.74 Å². The minimum absolute atomic E-state index is 0.0443. The highest BCUT2D eigenvalue weighted by atomic mass is 79.9. The van der Waals surface area contributed by atoms with Gasteiger partial charge in [0.2, 0.25) is 0 Å². The zero-order valence-corrected chi connectivity index (χ0v) is 14.2. The topological polar surface area (TPSA) is 38.8 Å². The lowest BCUT2D eigenvalue weighted by Gasteiger charge is -2.31. The number of methoxy groups -OCH3 is 1. The van der Waals surface area contributed by atoms with Crippen LogP contribution in [0.4, 0.5) is 0 Å². The fourth-order valence-corrected chi connectivity index (χ4v) is 3.11. The van der Waals surface area contributed by atoms with Crippen molar-refractivity contribution in [2.75, 3.05) is 26.8 Å². The van der Waals surface area contributed by atoms with Gasteiger partial charge in [-0.05, 0) is 51.1 Å². The van der Waals surface area contributed by atoms with Crippen LogP contribution in [0.5, 0.6) is 5.75 Å². The normalized spacial score (nSPS) is 16.7. The van der Waals surface area contributed by atoms with Crippen molar-refractivity contribution in [3.8, 4) is 5.75 Å². The second-order valence-electron chi connectivity index (χ2n) is 5.26.